The van der Waals surface area contributed by atoms with Crippen molar-refractivity contribution < 1.29 is 8.42 Å². The highest BCUT2D eigenvalue weighted by molar-refractivity contribution is 7.92. The van der Waals surface area contributed by atoms with E-state index >= 15 is 0 Å². The molecule has 0 saturated heterocycles. The van der Waals surface area contributed by atoms with Crippen LogP contribution in [-0.2, 0) is 9.84 Å². The van der Waals surface area contributed by atoms with Gasteiger partial charge in [0.15, 0.2) is 9.84 Å². The fourth-order valence-electron chi connectivity index (χ4n) is 3.06. The summed E-state index contributed by atoms with van der Waals surface area (Å²) in [7, 11) is -0.986. The van der Waals surface area contributed by atoms with Crippen molar-refractivity contribution in [3.8, 4) is 0 Å². The molecule has 3 nitrogen and oxygen atoms in total. The van der Waals surface area contributed by atoms with Crippen molar-refractivity contribution in [3.63, 3.8) is 0 Å². The van der Waals surface area contributed by atoms with Crippen LogP contribution in [0.15, 0.2) is 0 Å². The molecular formula is C15H31NO2S. The monoisotopic (exact) mass is 289 g/mol. The van der Waals surface area contributed by atoms with Gasteiger partial charge in [0, 0.05) is 0 Å². The van der Waals surface area contributed by atoms with Gasteiger partial charge in [0.1, 0.15) is 0 Å². The third-order valence-electron chi connectivity index (χ3n) is 4.56. The summed E-state index contributed by atoms with van der Waals surface area (Å²) in [6.45, 7) is 8.72. The first-order valence-electron chi connectivity index (χ1n) is 7.54. The Hall–Kier alpha value is -0.0900. The second-order valence-corrected chi connectivity index (χ2v) is 10.1. The molecule has 1 aliphatic carbocycles. The van der Waals surface area contributed by atoms with Gasteiger partial charge in [-0.15, -0.1) is 0 Å². The van der Waals surface area contributed by atoms with Crippen LogP contribution in [-0.4, -0.2) is 32.5 Å². The van der Waals surface area contributed by atoms with Crippen LogP contribution in [0.25, 0.3) is 0 Å². The van der Waals surface area contributed by atoms with E-state index in [1.165, 1.54) is 19.3 Å². The van der Waals surface area contributed by atoms with Gasteiger partial charge in [-0.25, -0.2) is 8.42 Å². The van der Waals surface area contributed by atoms with E-state index < -0.39 is 14.6 Å². The highest BCUT2D eigenvalue weighted by Crippen LogP contribution is 2.36. The number of hydrogen-bond acceptors (Lipinski definition) is 3. The van der Waals surface area contributed by atoms with Gasteiger partial charge in [-0.1, -0.05) is 13.3 Å². The fourth-order valence-corrected chi connectivity index (χ4v) is 4.28. The molecule has 1 saturated carbocycles. The summed E-state index contributed by atoms with van der Waals surface area (Å²) < 4.78 is 23.8. The van der Waals surface area contributed by atoms with Gasteiger partial charge in [0.25, 0.3) is 0 Å². The lowest BCUT2D eigenvalue weighted by Gasteiger charge is -2.35. The van der Waals surface area contributed by atoms with E-state index in [0.717, 1.165) is 18.9 Å². The Kier molecular flexibility index (Phi) is 5.87. The topological polar surface area (TPSA) is 46.2 Å². The fraction of sp³-hybridized carbons (Fsp3) is 1.00. The number of sulfone groups is 1. The molecule has 0 aromatic rings. The SMILES string of the molecule is CNCC1CCC(C)CC1CCS(=O)(=O)C(C)(C)C. The van der Waals surface area contributed by atoms with Gasteiger partial charge in [-0.05, 0) is 71.4 Å². The molecule has 114 valence electrons. The highest BCUT2D eigenvalue weighted by Gasteiger charge is 2.33. The van der Waals surface area contributed by atoms with Crippen LogP contribution in [0.2, 0.25) is 0 Å². The zero-order valence-electron chi connectivity index (χ0n) is 13.2. The summed E-state index contributed by atoms with van der Waals surface area (Å²) in [6, 6.07) is 0. The van der Waals surface area contributed by atoms with Crippen LogP contribution in [0.4, 0.5) is 0 Å². The highest BCUT2D eigenvalue weighted by atomic mass is 32.2. The summed E-state index contributed by atoms with van der Waals surface area (Å²) in [5, 5.41) is 3.26. The maximum Gasteiger partial charge on any atom is 0.155 e. The predicted molar refractivity (Wildman–Crippen MR) is 82.1 cm³/mol. The molecule has 0 radical (unpaired) electrons. The van der Waals surface area contributed by atoms with Gasteiger partial charge in [0.05, 0.1) is 10.5 Å². The summed E-state index contributed by atoms with van der Waals surface area (Å²) in [5.41, 5.74) is 0. The normalized spacial score (nSPS) is 29.4. The molecule has 0 aromatic carbocycles. The number of hydrogen-bond donors (Lipinski definition) is 1. The molecule has 0 spiro atoms. The Morgan fingerprint density at radius 3 is 2.32 bits per heavy atom. The molecule has 1 N–H and O–H groups in total. The van der Waals surface area contributed by atoms with Crippen molar-refractivity contribution >= 4 is 9.84 Å². The third-order valence-corrected chi connectivity index (χ3v) is 7.20. The van der Waals surface area contributed by atoms with Crippen molar-refractivity contribution in [3.05, 3.63) is 0 Å². The third kappa shape index (κ3) is 4.75. The second kappa shape index (κ2) is 6.57. The summed E-state index contributed by atoms with van der Waals surface area (Å²) in [5.74, 6) is 2.30. The van der Waals surface area contributed by atoms with Gasteiger partial charge in [0.2, 0.25) is 0 Å². The Morgan fingerprint density at radius 2 is 1.79 bits per heavy atom. The molecule has 0 heterocycles. The van der Waals surface area contributed by atoms with E-state index in [0.29, 0.717) is 17.6 Å². The first-order valence-corrected chi connectivity index (χ1v) is 9.19. The standard InChI is InChI=1S/C15H31NO2S/c1-12-6-7-14(11-16-5)13(10-12)8-9-19(17,18)15(2,3)4/h12-14,16H,6-11H2,1-5H3. The lowest BCUT2D eigenvalue weighted by molar-refractivity contribution is 0.182. The van der Waals surface area contributed by atoms with E-state index in [-0.39, 0.29) is 0 Å². The zero-order valence-corrected chi connectivity index (χ0v) is 14.0. The minimum atomic E-state index is -2.97. The van der Waals surface area contributed by atoms with Crippen molar-refractivity contribution in [1.29, 1.82) is 0 Å². The van der Waals surface area contributed by atoms with Crippen LogP contribution >= 0.6 is 0 Å². The lowest BCUT2D eigenvalue weighted by atomic mass is 9.73. The minimum absolute atomic E-state index is 0.341. The van der Waals surface area contributed by atoms with E-state index in [4.69, 9.17) is 0 Å². The van der Waals surface area contributed by atoms with Crippen LogP contribution in [0.1, 0.15) is 53.4 Å². The Morgan fingerprint density at radius 1 is 1.16 bits per heavy atom. The summed E-state index contributed by atoms with van der Waals surface area (Å²) >= 11 is 0. The first-order chi connectivity index (χ1) is 8.67. The van der Waals surface area contributed by atoms with Crippen molar-refractivity contribution in [2.24, 2.45) is 17.8 Å². The van der Waals surface area contributed by atoms with Crippen LogP contribution in [0.5, 0.6) is 0 Å². The smallest absolute Gasteiger partial charge is 0.155 e. The molecule has 0 aromatic heterocycles. The van der Waals surface area contributed by atoms with E-state index in [2.05, 4.69) is 12.2 Å². The molecule has 1 aliphatic rings. The Balaban J connectivity index is 2.62. The molecule has 1 rings (SSSR count). The lowest BCUT2D eigenvalue weighted by Crippen LogP contribution is -2.35. The quantitative estimate of drug-likeness (QED) is 0.846. The van der Waals surface area contributed by atoms with Crippen molar-refractivity contribution in [2.75, 3.05) is 19.3 Å². The molecule has 3 atom stereocenters. The molecule has 4 heteroatoms. The predicted octanol–water partition coefficient (Wildman–Crippen LogP) is 2.86. The molecule has 0 bridgehead atoms. The molecule has 0 amide bonds. The zero-order chi connectivity index (χ0) is 14.7. The minimum Gasteiger partial charge on any atom is -0.319 e. The van der Waals surface area contributed by atoms with Gasteiger partial charge >= 0.3 is 0 Å². The molecule has 1 fully saturated rings. The van der Waals surface area contributed by atoms with E-state index in [9.17, 15) is 8.42 Å². The average molecular weight is 289 g/mol. The van der Waals surface area contributed by atoms with Crippen LogP contribution < -0.4 is 5.32 Å². The van der Waals surface area contributed by atoms with Crippen LogP contribution in [0.3, 0.4) is 0 Å². The number of nitrogens with one attached hydrogen (secondary N) is 1. The van der Waals surface area contributed by atoms with E-state index in [1.54, 1.807) is 20.8 Å². The second-order valence-electron chi connectivity index (χ2n) is 7.22. The van der Waals surface area contributed by atoms with E-state index in [1.807, 2.05) is 7.05 Å². The number of rotatable bonds is 5. The van der Waals surface area contributed by atoms with Crippen molar-refractivity contribution in [2.45, 2.75) is 58.1 Å². The average Bonchev–Trinajstić information content (AvgIpc) is 2.28. The van der Waals surface area contributed by atoms with Gasteiger partial charge in [-0.2, -0.15) is 0 Å². The van der Waals surface area contributed by atoms with Gasteiger partial charge < -0.3 is 5.32 Å². The maximum atomic E-state index is 12.2. The summed E-state index contributed by atoms with van der Waals surface area (Å²) in [4.78, 5) is 0. The first kappa shape index (κ1) is 17.0. The largest absolute Gasteiger partial charge is 0.319 e. The molecular weight excluding hydrogens is 258 g/mol. The Labute approximate surface area is 119 Å². The Bertz CT molecular complexity index is 370. The molecule has 0 aliphatic heterocycles. The van der Waals surface area contributed by atoms with Gasteiger partial charge in [-0.3, -0.25) is 0 Å². The van der Waals surface area contributed by atoms with Crippen molar-refractivity contribution in [1.82, 2.24) is 5.32 Å². The van der Waals surface area contributed by atoms with Crippen LogP contribution in [0, 0.1) is 17.8 Å². The molecule has 19 heavy (non-hydrogen) atoms. The summed E-state index contributed by atoms with van der Waals surface area (Å²) in [6.07, 6.45) is 4.54. The maximum absolute atomic E-state index is 12.2. The molecule has 3 unspecified atom stereocenters.